The van der Waals surface area contributed by atoms with Crippen LogP contribution in [0.1, 0.15) is 56.2 Å². The zero-order chi connectivity index (χ0) is 14.6. The third-order valence-electron chi connectivity index (χ3n) is 6.55. The zero-order valence-electron chi connectivity index (χ0n) is 13.2. The minimum Gasteiger partial charge on any atom is -0.508 e. The van der Waals surface area contributed by atoms with Gasteiger partial charge in [-0.2, -0.15) is 0 Å². The average Bonchev–Trinajstić information content (AvgIpc) is 3.09. The smallest absolute Gasteiger partial charge is 0.120 e. The minimum atomic E-state index is 0.245. The van der Waals surface area contributed by atoms with Gasteiger partial charge in [-0.1, -0.05) is 18.6 Å². The summed E-state index contributed by atoms with van der Waals surface area (Å²) in [7, 11) is 0. The van der Waals surface area contributed by atoms with Crippen molar-refractivity contribution in [3.8, 4) is 5.75 Å². The first-order valence-corrected chi connectivity index (χ1v) is 8.69. The Kier molecular flexibility index (Phi) is 3.25. The summed E-state index contributed by atoms with van der Waals surface area (Å²) in [6, 6.07) is 6.97. The fourth-order valence-electron chi connectivity index (χ4n) is 5.69. The van der Waals surface area contributed by atoms with E-state index >= 15 is 0 Å². The predicted molar refractivity (Wildman–Crippen MR) is 85.2 cm³/mol. The fraction of sp³-hybridized carbons (Fsp3) is 0.684. The predicted octanol–water partition coefficient (Wildman–Crippen LogP) is 4.18. The molecule has 114 valence electrons. The summed E-state index contributed by atoms with van der Waals surface area (Å²) in [5.74, 6) is 4.38. The summed E-state index contributed by atoms with van der Waals surface area (Å²) in [6.45, 7) is 4.22. The molecule has 2 N–H and O–H groups in total. The monoisotopic (exact) mass is 285 g/mol. The van der Waals surface area contributed by atoms with Crippen LogP contribution in [0.15, 0.2) is 18.2 Å². The summed E-state index contributed by atoms with van der Waals surface area (Å²) in [5.41, 5.74) is 2.17. The van der Waals surface area contributed by atoms with E-state index in [2.05, 4.69) is 24.4 Å². The number of hydrogen-bond donors (Lipinski definition) is 2. The maximum absolute atomic E-state index is 10.2. The van der Waals surface area contributed by atoms with Gasteiger partial charge in [-0.3, -0.25) is 0 Å². The standard InChI is InChI=1S/C19H27NO/c1-11-6-7-14(19(21)8-11)12(2)20-18-10-13-9-17(18)16-5-3-4-15(13)16/h6-8,12-13,15-18,20-21H,3-5,9-10H2,1-2H3. The van der Waals surface area contributed by atoms with E-state index in [0.29, 0.717) is 11.8 Å². The molecule has 0 spiro atoms. The third-order valence-corrected chi connectivity index (χ3v) is 6.55. The van der Waals surface area contributed by atoms with Crippen molar-refractivity contribution in [2.75, 3.05) is 0 Å². The zero-order valence-corrected chi connectivity index (χ0v) is 13.2. The molecule has 0 aromatic heterocycles. The summed E-state index contributed by atoms with van der Waals surface area (Å²) in [5, 5.41) is 14.0. The number of benzene rings is 1. The minimum absolute atomic E-state index is 0.245. The molecule has 1 aromatic rings. The molecule has 0 amide bonds. The van der Waals surface area contributed by atoms with Crippen LogP contribution in [0.2, 0.25) is 0 Å². The van der Waals surface area contributed by atoms with Gasteiger partial charge in [0.25, 0.3) is 0 Å². The lowest BCUT2D eigenvalue weighted by atomic mass is 9.79. The average molecular weight is 285 g/mol. The SMILES string of the molecule is Cc1ccc(C(C)NC2CC3CC2C2CCCC32)c(O)c1. The maximum Gasteiger partial charge on any atom is 0.120 e. The Bertz CT molecular complexity index is 540. The van der Waals surface area contributed by atoms with Crippen LogP contribution >= 0.6 is 0 Å². The van der Waals surface area contributed by atoms with Crippen LogP contribution < -0.4 is 5.32 Å². The van der Waals surface area contributed by atoms with Gasteiger partial charge in [0.2, 0.25) is 0 Å². The highest BCUT2D eigenvalue weighted by Gasteiger charge is 2.53. The molecule has 3 aliphatic rings. The van der Waals surface area contributed by atoms with Crippen molar-refractivity contribution in [3.05, 3.63) is 29.3 Å². The molecule has 0 saturated heterocycles. The highest BCUT2D eigenvalue weighted by Crippen LogP contribution is 2.58. The van der Waals surface area contributed by atoms with Crippen molar-refractivity contribution in [1.29, 1.82) is 0 Å². The lowest BCUT2D eigenvalue weighted by Crippen LogP contribution is -2.40. The molecule has 3 aliphatic carbocycles. The molecule has 3 saturated carbocycles. The van der Waals surface area contributed by atoms with Gasteiger partial charge >= 0.3 is 0 Å². The van der Waals surface area contributed by atoms with Crippen LogP contribution in [0, 0.1) is 30.6 Å². The number of phenols is 1. The highest BCUT2D eigenvalue weighted by atomic mass is 16.3. The Morgan fingerprint density at radius 3 is 2.76 bits per heavy atom. The van der Waals surface area contributed by atoms with E-state index in [1.807, 2.05) is 13.0 Å². The molecule has 3 fully saturated rings. The molecule has 6 unspecified atom stereocenters. The molecule has 0 heterocycles. The summed E-state index contributed by atoms with van der Waals surface area (Å²) >= 11 is 0. The Morgan fingerprint density at radius 1 is 1.14 bits per heavy atom. The highest BCUT2D eigenvalue weighted by molar-refractivity contribution is 5.37. The molecule has 0 radical (unpaired) electrons. The molecular weight excluding hydrogens is 258 g/mol. The van der Waals surface area contributed by atoms with Gasteiger partial charge in [0.15, 0.2) is 0 Å². The van der Waals surface area contributed by atoms with Crippen molar-refractivity contribution in [3.63, 3.8) is 0 Å². The van der Waals surface area contributed by atoms with Crippen LogP contribution in [0.3, 0.4) is 0 Å². The number of aromatic hydroxyl groups is 1. The molecule has 0 aliphatic heterocycles. The van der Waals surface area contributed by atoms with Crippen molar-refractivity contribution in [1.82, 2.24) is 5.32 Å². The van der Waals surface area contributed by atoms with Crippen molar-refractivity contribution in [2.24, 2.45) is 23.7 Å². The second kappa shape index (κ2) is 5.01. The third kappa shape index (κ3) is 2.19. The summed E-state index contributed by atoms with van der Waals surface area (Å²) in [4.78, 5) is 0. The van der Waals surface area contributed by atoms with Crippen molar-refractivity contribution in [2.45, 2.75) is 58.0 Å². The summed E-state index contributed by atoms with van der Waals surface area (Å²) in [6.07, 6.45) is 7.24. The first-order chi connectivity index (χ1) is 10.1. The lowest BCUT2D eigenvalue weighted by molar-refractivity contribution is 0.199. The molecule has 21 heavy (non-hydrogen) atoms. The van der Waals surface area contributed by atoms with Gasteiger partial charge < -0.3 is 10.4 Å². The van der Waals surface area contributed by atoms with Gasteiger partial charge in [0.1, 0.15) is 5.75 Å². The van der Waals surface area contributed by atoms with Crippen LogP contribution in [-0.4, -0.2) is 11.1 Å². The number of rotatable bonds is 3. The van der Waals surface area contributed by atoms with E-state index in [4.69, 9.17) is 0 Å². The summed E-state index contributed by atoms with van der Waals surface area (Å²) < 4.78 is 0. The van der Waals surface area contributed by atoms with E-state index in [-0.39, 0.29) is 6.04 Å². The second-order valence-corrected chi connectivity index (χ2v) is 7.71. The van der Waals surface area contributed by atoms with Crippen molar-refractivity contribution >= 4 is 0 Å². The molecular formula is C19H27NO. The van der Waals surface area contributed by atoms with E-state index in [1.54, 1.807) is 0 Å². The largest absolute Gasteiger partial charge is 0.508 e. The molecule has 2 nitrogen and oxygen atoms in total. The Labute approximate surface area is 128 Å². The van der Waals surface area contributed by atoms with E-state index < -0.39 is 0 Å². The van der Waals surface area contributed by atoms with E-state index in [1.165, 1.54) is 32.1 Å². The van der Waals surface area contributed by atoms with Gasteiger partial charge in [-0.25, -0.2) is 0 Å². The number of hydrogen-bond acceptors (Lipinski definition) is 2. The topological polar surface area (TPSA) is 32.3 Å². The Balaban J connectivity index is 1.47. The maximum atomic E-state index is 10.2. The van der Waals surface area contributed by atoms with Crippen LogP contribution in [0.4, 0.5) is 0 Å². The van der Waals surface area contributed by atoms with E-state index in [0.717, 1.165) is 34.8 Å². The van der Waals surface area contributed by atoms with Crippen LogP contribution in [0.5, 0.6) is 5.75 Å². The second-order valence-electron chi connectivity index (χ2n) is 7.71. The first kappa shape index (κ1) is 13.6. The van der Waals surface area contributed by atoms with Gasteiger partial charge in [0, 0.05) is 17.6 Å². The molecule has 1 aromatic carbocycles. The molecule has 2 bridgehead atoms. The normalized spacial score (nSPS) is 38.7. The lowest BCUT2D eigenvalue weighted by Gasteiger charge is -2.34. The van der Waals surface area contributed by atoms with Crippen molar-refractivity contribution < 1.29 is 5.11 Å². The fourth-order valence-corrected chi connectivity index (χ4v) is 5.69. The van der Waals surface area contributed by atoms with Gasteiger partial charge in [-0.15, -0.1) is 0 Å². The quantitative estimate of drug-likeness (QED) is 0.873. The molecule has 6 atom stereocenters. The molecule has 4 rings (SSSR count). The number of phenolic OH excluding ortho intramolecular Hbond substituents is 1. The Hall–Kier alpha value is -1.02. The molecule has 2 heteroatoms. The van der Waals surface area contributed by atoms with Gasteiger partial charge in [0.05, 0.1) is 0 Å². The van der Waals surface area contributed by atoms with Crippen LogP contribution in [-0.2, 0) is 0 Å². The Morgan fingerprint density at radius 2 is 1.95 bits per heavy atom. The van der Waals surface area contributed by atoms with Gasteiger partial charge in [-0.05, 0) is 74.8 Å². The van der Waals surface area contributed by atoms with E-state index in [9.17, 15) is 5.11 Å². The van der Waals surface area contributed by atoms with Crippen LogP contribution in [0.25, 0.3) is 0 Å². The number of fused-ring (bicyclic) bond motifs is 5. The first-order valence-electron chi connectivity index (χ1n) is 8.69. The number of aryl methyl sites for hydroxylation is 1. The number of nitrogens with one attached hydrogen (secondary N) is 1.